The van der Waals surface area contributed by atoms with Crippen LogP contribution in [0, 0.1) is 0 Å². The number of aromatic nitrogens is 2. The topological polar surface area (TPSA) is 43.8 Å². The molecule has 2 aliphatic rings. The van der Waals surface area contributed by atoms with Gasteiger partial charge in [0.1, 0.15) is 5.82 Å². The van der Waals surface area contributed by atoms with Crippen molar-refractivity contribution in [3.8, 4) is 0 Å². The third kappa shape index (κ3) is 2.10. The average Bonchev–Trinajstić information content (AvgIpc) is 3.09. The summed E-state index contributed by atoms with van der Waals surface area (Å²) in [6.45, 7) is 3.49. The van der Waals surface area contributed by atoms with Crippen molar-refractivity contribution in [3.63, 3.8) is 0 Å². The Labute approximate surface area is 123 Å². The fourth-order valence-electron chi connectivity index (χ4n) is 3.28. The van der Waals surface area contributed by atoms with Crippen LogP contribution in [0.3, 0.4) is 0 Å². The van der Waals surface area contributed by atoms with E-state index in [9.17, 15) is 0 Å². The van der Waals surface area contributed by atoms with Crippen molar-refractivity contribution in [3.05, 3.63) is 24.0 Å². The molecule has 1 aliphatic carbocycles. The van der Waals surface area contributed by atoms with Gasteiger partial charge in [-0.2, -0.15) is 11.8 Å². The Morgan fingerprint density at radius 2 is 2.30 bits per heavy atom. The highest BCUT2D eigenvalue weighted by atomic mass is 32.2. The number of fused-ring (bicyclic) bond motifs is 1. The van der Waals surface area contributed by atoms with Gasteiger partial charge in [-0.3, -0.25) is 0 Å². The van der Waals surface area contributed by atoms with Gasteiger partial charge in [0.25, 0.3) is 0 Å². The van der Waals surface area contributed by atoms with E-state index in [1.54, 1.807) is 0 Å². The summed E-state index contributed by atoms with van der Waals surface area (Å²) < 4.78 is 2.85. The third-order valence-corrected chi connectivity index (χ3v) is 6.06. The van der Waals surface area contributed by atoms with Gasteiger partial charge >= 0.3 is 0 Å². The summed E-state index contributed by atoms with van der Waals surface area (Å²) in [6, 6.07) is 6.16. The molecule has 0 amide bonds. The van der Waals surface area contributed by atoms with Crippen molar-refractivity contribution in [2.24, 2.45) is 0 Å². The molecule has 1 saturated heterocycles. The molecule has 0 radical (unpaired) electrons. The molecule has 1 saturated carbocycles. The van der Waals surface area contributed by atoms with Crippen molar-refractivity contribution in [1.29, 1.82) is 0 Å². The molecule has 2 heterocycles. The van der Waals surface area contributed by atoms with E-state index >= 15 is 0 Å². The molecule has 1 aromatic carbocycles. The molecule has 1 aliphatic heterocycles. The van der Waals surface area contributed by atoms with Crippen molar-refractivity contribution in [1.82, 2.24) is 9.55 Å². The van der Waals surface area contributed by atoms with Gasteiger partial charge in [-0.1, -0.05) is 0 Å². The van der Waals surface area contributed by atoms with Gasteiger partial charge in [-0.15, -0.1) is 0 Å². The van der Waals surface area contributed by atoms with Gasteiger partial charge in [0.2, 0.25) is 0 Å². The Balaban J connectivity index is 1.81. The van der Waals surface area contributed by atoms with Gasteiger partial charge < -0.3 is 10.3 Å². The molecule has 1 unspecified atom stereocenters. The van der Waals surface area contributed by atoms with Crippen LogP contribution in [0.15, 0.2) is 18.2 Å². The number of thioether (sulfide) groups is 1. The van der Waals surface area contributed by atoms with Crippen LogP contribution in [0.2, 0.25) is 0 Å². The smallest absolute Gasteiger partial charge is 0.113 e. The molecule has 2 aromatic rings. The van der Waals surface area contributed by atoms with Gasteiger partial charge in [0.05, 0.1) is 11.0 Å². The predicted octanol–water partition coefficient (Wildman–Crippen LogP) is 3.78. The molecule has 1 atom stereocenters. The number of benzene rings is 1. The van der Waals surface area contributed by atoms with E-state index in [2.05, 4.69) is 29.3 Å². The molecule has 20 heavy (non-hydrogen) atoms. The minimum atomic E-state index is 0.374. The highest BCUT2D eigenvalue weighted by Gasteiger charge is 2.34. The number of nitrogens with two attached hydrogens (primary N) is 1. The Bertz CT molecular complexity index is 651. The first-order valence-electron chi connectivity index (χ1n) is 7.54. The van der Waals surface area contributed by atoms with Gasteiger partial charge in [0, 0.05) is 22.9 Å². The molecular weight excluding hydrogens is 266 g/mol. The molecule has 2 N–H and O–H groups in total. The van der Waals surface area contributed by atoms with E-state index in [-0.39, 0.29) is 0 Å². The predicted molar refractivity (Wildman–Crippen MR) is 86.2 cm³/mol. The molecule has 4 rings (SSSR count). The van der Waals surface area contributed by atoms with Crippen LogP contribution >= 0.6 is 11.8 Å². The Morgan fingerprint density at radius 1 is 1.45 bits per heavy atom. The zero-order valence-electron chi connectivity index (χ0n) is 11.9. The Morgan fingerprint density at radius 3 is 3.00 bits per heavy atom. The minimum Gasteiger partial charge on any atom is -0.399 e. The summed E-state index contributed by atoms with van der Waals surface area (Å²) in [6.07, 6.45) is 5.25. The maximum absolute atomic E-state index is 5.91. The third-order valence-electron chi connectivity index (χ3n) is 4.54. The summed E-state index contributed by atoms with van der Waals surface area (Å²) in [5.41, 5.74) is 9.05. The van der Waals surface area contributed by atoms with Crippen LogP contribution in [0.4, 0.5) is 5.69 Å². The highest BCUT2D eigenvalue weighted by Crippen LogP contribution is 2.44. The molecule has 2 fully saturated rings. The van der Waals surface area contributed by atoms with Crippen LogP contribution in [0.1, 0.15) is 44.3 Å². The number of nitrogens with zero attached hydrogens (tertiary/aromatic N) is 2. The maximum atomic E-state index is 5.91. The minimum absolute atomic E-state index is 0.374. The molecule has 3 nitrogen and oxygen atoms in total. The fourth-order valence-corrected chi connectivity index (χ4v) is 4.57. The summed E-state index contributed by atoms with van der Waals surface area (Å²) in [5, 5.41) is 0. The number of nitrogen functional groups attached to an aromatic ring is 1. The fraction of sp³-hybridized carbons (Fsp3) is 0.562. The normalized spacial score (nSPS) is 26.4. The molecule has 106 valence electrons. The van der Waals surface area contributed by atoms with Gasteiger partial charge in [-0.05, 0) is 56.6 Å². The van der Waals surface area contributed by atoms with E-state index in [1.165, 1.54) is 42.8 Å². The number of anilines is 1. The average molecular weight is 287 g/mol. The summed E-state index contributed by atoms with van der Waals surface area (Å²) >= 11 is 2.12. The van der Waals surface area contributed by atoms with E-state index in [0.717, 1.165) is 17.7 Å². The summed E-state index contributed by atoms with van der Waals surface area (Å²) in [4.78, 5) is 4.88. The lowest BCUT2D eigenvalue weighted by atomic mass is 10.1. The number of imidazole rings is 1. The van der Waals surface area contributed by atoms with Crippen molar-refractivity contribution in [2.45, 2.75) is 49.8 Å². The monoisotopic (exact) mass is 287 g/mol. The molecule has 0 spiro atoms. The number of hydrogen-bond acceptors (Lipinski definition) is 3. The molecular formula is C16H21N3S. The van der Waals surface area contributed by atoms with Crippen molar-refractivity contribution in [2.75, 3.05) is 11.5 Å². The second-order valence-corrected chi connectivity index (χ2v) is 8.16. The largest absolute Gasteiger partial charge is 0.399 e. The maximum Gasteiger partial charge on any atom is 0.113 e. The Kier molecular flexibility index (Phi) is 2.78. The first-order valence-corrected chi connectivity index (χ1v) is 8.53. The van der Waals surface area contributed by atoms with Crippen molar-refractivity contribution >= 4 is 28.5 Å². The van der Waals surface area contributed by atoms with Crippen LogP contribution in [-0.4, -0.2) is 20.1 Å². The zero-order chi connectivity index (χ0) is 13.7. The summed E-state index contributed by atoms with van der Waals surface area (Å²) in [7, 11) is 0. The van der Waals surface area contributed by atoms with Crippen LogP contribution < -0.4 is 5.73 Å². The zero-order valence-corrected chi connectivity index (χ0v) is 12.7. The first kappa shape index (κ1) is 12.6. The lowest BCUT2D eigenvalue weighted by molar-refractivity contribution is 0.506. The number of hydrogen-bond donors (Lipinski definition) is 1. The second kappa shape index (κ2) is 4.42. The standard InChI is InChI=1S/C16H21N3S/c1-16(7-2-8-20-16)10-19-14-6-5-12(17)9-13(14)18-15(19)11-3-4-11/h5-6,9,11H,2-4,7-8,10,17H2,1H3. The van der Waals surface area contributed by atoms with E-state index in [0.29, 0.717) is 10.7 Å². The lowest BCUT2D eigenvalue weighted by Gasteiger charge is -2.24. The quantitative estimate of drug-likeness (QED) is 0.874. The number of rotatable bonds is 3. The van der Waals surface area contributed by atoms with Gasteiger partial charge in [-0.25, -0.2) is 4.98 Å². The van der Waals surface area contributed by atoms with Crippen LogP contribution in [0.5, 0.6) is 0 Å². The first-order chi connectivity index (χ1) is 9.65. The van der Waals surface area contributed by atoms with Crippen molar-refractivity contribution < 1.29 is 0 Å². The second-order valence-electron chi connectivity index (χ2n) is 6.48. The Hall–Kier alpha value is -1.16. The van der Waals surface area contributed by atoms with Crippen LogP contribution in [0.25, 0.3) is 11.0 Å². The summed E-state index contributed by atoms with van der Waals surface area (Å²) in [5.74, 6) is 3.27. The van der Waals surface area contributed by atoms with E-state index < -0.39 is 0 Å². The molecule has 1 aromatic heterocycles. The lowest BCUT2D eigenvalue weighted by Crippen LogP contribution is -2.24. The van der Waals surface area contributed by atoms with E-state index in [4.69, 9.17) is 10.7 Å². The SMILES string of the molecule is CC1(Cn2c(C3CC3)nc3cc(N)ccc32)CCCS1. The van der Waals surface area contributed by atoms with Gasteiger partial charge in [0.15, 0.2) is 0 Å². The molecule has 0 bridgehead atoms. The molecule has 4 heteroatoms. The van der Waals surface area contributed by atoms with Crippen LogP contribution in [-0.2, 0) is 6.54 Å². The highest BCUT2D eigenvalue weighted by molar-refractivity contribution is 8.00. The van der Waals surface area contributed by atoms with E-state index in [1.807, 2.05) is 12.1 Å².